The van der Waals surface area contributed by atoms with E-state index in [0.717, 1.165) is 10.8 Å². The van der Waals surface area contributed by atoms with E-state index in [1.807, 2.05) is 56.3 Å². The predicted octanol–water partition coefficient (Wildman–Crippen LogP) is 2.68. The molecule has 1 N–H and O–H groups in total. The van der Waals surface area contributed by atoms with Gasteiger partial charge in [-0.15, -0.1) is 0 Å². The van der Waals surface area contributed by atoms with Crippen LogP contribution in [0.5, 0.6) is 0 Å². The molecule has 2 aromatic rings. The van der Waals surface area contributed by atoms with Gasteiger partial charge in [0, 0.05) is 18.2 Å². The van der Waals surface area contributed by atoms with Crippen molar-refractivity contribution in [1.82, 2.24) is 4.90 Å². The lowest BCUT2D eigenvalue weighted by Gasteiger charge is -2.26. The first-order valence-electron chi connectivity index (χ1n) is 6.54. The quantitative estimate of drug-likeness (QED) is 0.914. The van der Waals surface area contributed by atoms with Crippen LogP contribution in [-0.2, 0) is 0 Å². The molecule has 3 nitrogen and oxygen atoms in total. The van der Waals surface area contributed by atoms with Crippen LogP contribution in [0.1, 0.15) is 24.2 Å². The third-order valence-electron chi connectivity index (χ3n) is 3.25. The molecule has 2 rings (SSSR count). The minimum Gasteiger partial charge on any atom is -0.395 e. The van der Waals surface area contributed by atoms with Crippen molar-refractivity contribution in [3.8, 4) is 0 Å². The summed E-state index contributed by atoms with van der Waals surface area (Å²) in [5.74, 6) is -0.0270. The minimum atomic E-state index is -0.0270. The van der Waals surface area contributed by atoms with Gasteiger partial charge in [-0.25, -0.2) is 0 Å². The second-order valence-corrected chi connectivity index (χ2v) is 4.84. The Balaban J connectivity index is 2.45. The summed E-state index contributed by atoms with van der Waals surface area (Å²) < 4.78 is 0. The Bertz CT molecular complexity index is 572. The molecule has 0 heterocycles. The Hall–Kier alpha value is -1.87. The first-order chi connectivity index (χ1) is 9.15. The van der Waals surface area contributed by atoms with Crippen molar-refractivity contribution in [3.05, 3.63) is 48.0 Å². The van der Waals surface area contributed by atoms with E-state index in [4.69, 9.17) is 5.11 Å². The fourth-order valence-corrected chi connectivity index (χ4v) is 2.27. The molecule has 0 aromatic heterocycles. The normalized spacial score (nSPS) is 10.9. The van der Waals surface area contributed by atoms with Crippen LogP contribution >= 0.6 is 0 Å². The summed E-state index contributed by atoms with van der Waals surface area (Å²) in [6, 6.07) is 13.7. The third-order valence-corrected chi connectivity index (χ3v) is 3.25. The van der Waals surface area contributed by atoms with Gasteiger partial charge in [0.15, 0.2) is 0 Å². The number of nitrogens with zero attached hydrogens (tertiary/aromatic N) is 1. The highest BCUT2D eigenvalue weighted by Crippen LogP contribution is 2.20. The molecule has 0 saturated heterocycles. The summed E-state index contributed by atoms with van der Waals surface area (Å²) in [6.45, 7) is 4.26. The van der Waals surface area contributed by atoms with Crippen LogP contribution in [0.4, 0.5) is 0 Å². The SMILES string of the molecule is CC(C)N(CCO)C(=O)c1cccc2ccccc12. The van der Waals surface area contributed by atoms with Gasteiger partial charge in [0.25, 0.3) is 5.91 Å². The van der Waals surface area contributed by atoms with Crippen molar-refractivity contribution >= 4 is 16.7 Å². The van der Waals surface area contributed by atoms with E-state index >= 15 is 0 Å². The van der Waals surface area contributed by atoms with Crippen LogP contribution in [0.25, 0.3) is 10.8 Å². The summed E-state index contributed by atoms with van der Waals surface area (Å²) in [6.07, 6.45) is 0. The molecule has 2 aromatic carbocycles. The number of hydrogen-bond acceptors (Lipinski definition) is 2. The van der Waals surface area contributed by atoms with Crippen molar-refractivity contribution < 1.29 is 9.90 Å². The molecule has 0 aliphatic heterocycles. The van der Waals surface area contributed by atoms with Crippen LogP contribution in [-0.4, -0.2) is 35.1 Å². The standard InChI is InChI=1S/C16H19NO2/c1-12(2)17(10-11-18)16(19)15-9-5-7-13-6-3-4-8-14(13)15/h3-9,12,18H,10-11H2,1-2H3. The Kier molecular flexibility index (Phi) is 4.17. The number of amides is 1. The van der Waals surface area contributed by atoms with Gasteiger partial charge in [0.1, 0.15) is 0 Å². The van der Waals surface area contributed by atoms with Gasteiger partial charge in [-0.2, -0.15) is 0 Å². The molecule has 3 heteroatoms. The van der Waals surface area contributed by atoms with Crippen molar-refractivity contribution in [2.75, 3.05) is 13.2 Å². The molecule has 0 saturated carbocycles. The monoisotopic (exact) mass is 257 g/mol. The maximum absolute atomic E-state index is 12.6. The maximum Gasteiger partial charge on any atom is 0.254 e. The fraction of sp³-hybridized carbons (Fsp3) is 0.312. The van der Waals surface area contributed by atoms with Crippen LogP contribution in [0, 0.1) is 0 Å². The largest absolute Gasteiger partial charge is 0.395 e. The van der Waals surface area contributed by atoms with Crippen LogP contribution in [0.15, 0.2) is 42.5 Å². The zero-order chi connectivity index (χ0) is 13.8. The van der Waals surface area contributed by atoms with E-state index in [9.17, 15) is 4.79 Å². The number of rotatable bonds is 4. The highest BCUT2D eigenvalue weighted by molar-refractivity contribution is 6.07. The summed E-state index contributed by atoms with van der Waals surface area (Å²) in [4.78, 5) is 14.3. The van der Waals surface area contributed by atoms with Crippen molar-refractivity contribution in [2.24, 2.45) is 0 Å². The van der Waals surface area contributed by atoms with Crippen molar-refractivity contribution in [2.45, 2.75) is 19.9 Å². The van der Waals surface area contributed by atoms with E-state index in [1.54, 1.807) is 4.90 Å². The topological polar surface area (TPSA) is 40.5 Å². The molecule has 0 bridgehead atoms. The van der Waals surface area contributed by atoms with Crippen LogP contribution < -0.4 is 0 Å². The van der Waals surface area contributed by atoms with E-state index in [-0.39, 0.29) is 18.6 Å². The van der Waals surface area contributed by atoms with Crippen molar-refractivity contribution in [1.29, 1.82) is 0 Å². The Labute approximate surface area is 113 Å². The molecule has 0 aliphatic carbocycles. The zero-order valence-corrected chi connectivity index (χ0v) is 11.3. The first kappa shape index (κ1) is 13.6. The highest BCUT2D eigenvalue weighted by atomic mass is 16.3. The Morgan fingerprint density at radius 1 is 1.16 bits per heavy atom. The lowest BCUT2D eigenvalue weighted by Crippen LogP contribution is -2.39. The van der Waals surface area contributed by atoms with Crippen molar-refractivity contribution in [3.63, 3.8) is 0 Å². The number of carbonyl (C=O) groups is 1. The molecular formula is C16H19NO2. The molecule has 0 fully saturated rings. The molecule has 0 spiro atoms. The number of aliphatic hydroxyl groups excluding tert-OH is 1. The number of fused-ring (bicyclic) bond motifs is 1. The molecule has 19 heavy (non-hydrogen) atoms. The molecule has 0 unspecified atom stereocenters. The number of benzene rings is 2. The Morgan fingerprint density at radius 2 is 1.84 bits per heavy atom. The number of carbonyl (C=O) groups excluding carboxylic acids is 1. The average Bonchev–Trinajstić information content (AvgIpc) is 2.43. The first-order valence-corrected chi connectivity index (χ1v) is 6.54. The molecular weight excluding hydrogens is 238 g/mol. The number of hydrogen-bond donors (Lipinski definition) is 1. The van der Waals surface area contributed by atoms with Gasteiger partial charge < -0.3 is 10.0 Å². The fourth-order valence-electron chi connectivity index (χ4n) is 2.27. The van der Waals surface area contributed by atoms with E-state index < -0.39 is 0 Å². The second kappa shape index (κ2) is 5.85. The van der Waals surface area contributed by atoms with Gasteiger partial charge in [-0.3, -0.25) is 4.79 Å². The van der Waals surface area contributed by atoms with Gasteiger partial charge in [0.2, 0.25) is 0 Å². The van der Waals surface area contributed by atoms with Gasteiger partial charge in [-0.1, -0.05) is 36.4 Å². The smallest absolute Gasteiger partial charge is 0.254 e. The lowest BCUT2D eigenvalue weighted by molar-refractivity contribution is 0.0667. The summed E-state index contributed by atoms with van der Waals surface area (Å²) in [5.41, 5.74) is 0.695. The molecule has 1 amide bonds. The van der Waals surface area contributed by atoms with E-state index in [2.05, 4.69) is 0 Å². The number of aliphatic hydroxyl groups is 1. The maximum atomic E-state index is 12.6. The molecule has 0 atom stereocenters. The average molecular weight is 257 g/mol. The third kappa shape index (κ3) is 2.76. The van der Waals surface area contributed by atoms with Gasteiger partial charge in [0.05, 0.1) is 6.61 Å². The zero-order valence-electron chi connectivity index (χ0n) is 11.3. The summed E-state index contributed by atoms with van der Waals surface area (Å²) in [7, 11) is 0. The van der Waals surface area contributed by atoms with Gasteiger partial charge >= 0.3 is 0 Å². The minimum absolute atomic E-state index is 0.0192. The highest BCUT2D eigenvalue weighted by Gasteiger charge is 2.19. The summed E-state index contributed by atoms with van der Waals surface area (Å²) in [5, 5.41) is 11.1. The predicted molar refractivity (Wildman–Crippen MR) is 77.2 cm³/mol. The summed E-state index contributed by atoms with van der Waals surface area (Å²) >= 11 is 0. The van der Waals surface area contributed by atoms with E-state index in [0.29, 0.717) is 12.1 Å². The van der Waals surface area contributed by atoms with Gasteiger partial charge in [-0.05, 0) is 30.7 Å². The molecule has 0 radical (unpaired) electrons. The second-order valence-electron chi connectivity index (χ2n) is 4.84. The van der Waals surface area contributed by atoms with Crippen LogP contribution in [0.3, 0.4) is 0 Å². The molecule has 0 aliphatic rings. The Morgan fingerprint density at radius 3 is 2.53 bits per heavy atom. The molecule has 100 valence electrons. The van der Waals surface area contributed by atoms with Crippen LogP contribution in [0.2, 0.25) is 0 Å². The van der Waals surface area contributed by atoms with E-state index in [1.165, 1.54) is 0 Å². The lowest BCUT2D eigenvalue weighted by atomic mass is 10.0.